The smallest absolute Gasteiger partial charge is 0.261 e. The molecule has 0 saturated heterocycles. The zero-order valence-electron chi connectivity index (χ0n) is 19.7. The van der Waals surface area contributed by atoms with Crippen LogP contribution in [0.25, 0.3) is 33.8 Å². The summed E-state index contributed by atoms with van der Waals surface area (Å²) >= 11 is 6.30. The van der Waals surface area contributed by atoms with Crippen molar-refractivity contribution in [3.05, 3.63) is 53.2 Å². The molecule has 36 heavy (non-hydrogen) atoms. The zero-order chi connectivity index (χ0) is 26.7. The number of ether oxygens (including phenoxy) is 1. The quantitative estimate of drug-likeness (QED) is 0.253. The highest BCUT2D eigenvalue weighted by molar-refractivity contribution is 7.85. The molecule has 0 spiro atoms. The van der Waals surface area contributed by atoms with E-state index in [9.17, 15) is 18.6 Å². The van der Waals surface area contributed by atoms with E-state index in [1.165, 1.54) is 0 Å². The van der Waals surface area contributed by atoms with Crippen LogP contribution >= 0.6 is 11.6 Å². The van der Waals surface area contributed by atoms with Crippen molar-refractivity contribution in [3.63, 3.8) is 0 Å². The Morgan fingerprint density at radius 3 is 2.33 bits per heavy atom. The van der Waals surface area contributed by atoms with Crippen molar-refractivity contribution in [3.8, 4) is 28.6 Å². The van der Waals surface area contributed by atoms with Crippen LogP contribution in [0.1, 0.15) is 19.6 Å². The lowest BCUT2D eigenvalue weighted by Gasteiger charge is -2.21. The predicted molar refractivity (Wildman–Crippen MR) is 133 cm³/mol. The first kappa shape index (κ1) is 27.6. The number of aliphatic hydroxyl groups is 2. The number of hydrogen-bond donors (Lipinski definition) is 4. The monoisotopic (exact) mass is 539 g/mol. The molecule has 0 atom stereocenters. The molecule has 0 radical (unpaired) electrons. The summed E-state index contributed by atoms with van der Waals surface area (Å²) in [5.41, 5.74) is 6.58. The zero-order valence-corrected chi connectivity index (χ0v) is 21.2. The number of furan rings is 1. The van der Waals surface area contributed by atoms with Gasteiger partial charge in [-0.25, -0.2) is 0 Å². The van der Waals surface area contributed by atoms with Crippen LogP contribution < -0.4 is 10.5 Å². The maximum absolute atomic E-state index is 9.49. The van der Waals surface area contributed by atoms with Crippen LogP contribution in [0.15, 0.2) is 51.4 Å². The number of nitrogens with two attached hydrogens (primary N) is 1. The minimum absolute atomic E-state index is 0.0101. The van der Waals surface area contributed by atoms with Gasteiger partial charge in [0.1, 0.15) is 22.6 Å². The molecule has 0 amide bonds. The second kappa shape index (κ2) is 10.9. The minimum Gasteiger partial charge on any atom is -0.489 e. The van der Waals surface area contributed by atoms with Crippen LogP contribution in [-0.4, -0.2) is 58.9 Å². The van der Waals surface area contributed by atoms with E-state index >= 15 is 0 Å². The Bertz CT molecular complexity index is 1440. The van der Waals surface area contributed by atoms with E-state index < -0.39 is 28.9 Å². The van der Waals surface area contributed by atoms with E-state index in [4.69, 9.17) is 35.6 Å². The molecule has 2 aromatic carbocycles. The molecule has 4 rings (SSSR count). The average Bonchev–Trinajstić information content (AvgIpc) is 3.45. The summed E-state index contributed by atoms with van der Waals surface area (Å²) in [6, 6.07) is 12.3. The van der Waals surface area contributed by atoms with Crippen LogP contribution in [0.4, 0.5) is 0 Å². The molecule has 5 N–H and O–H groups in total. The van der Waals surface area contributed by atoms with Crippen molar-refractivity contribution in [1.82, 2.24) is 10.1 Å². The molecule has 0 fully saturated rings. The summed E-state index contributed by atoms with van der Waals surface area (Å²) in [6.07, 6.45) is 0.725. The third-order valence-electron chi connectivity index (χ3n) is 4.80. The van der Waals surface area contributed by atoms with Gasteiger partial charge >= 0.3 is 0 Å². The second-order valence-corrected chi connectivity index (χ2v) is 10.2. The summed E-state index contributed by atoms with van der Waals surface area (Å²) < 4.78 is 42.6. The Kier molecular flexibility index (Phi) is 8.39. The van der Waals surface area contributed by atoms with Crippen molar-refractivity contribution < 1.29 is 36.9 Å². The molecule has 0 aliphatic rings. The van der Waals surface area contributed by atoms with Crippen LogP contribution in [0.5, 0.6) is 5.75 Å². The minimum atomic E-state index is -3.67. The molecule has 0 aliphatic heterocycles. The summed E-state index contributed by atoms with van der Waals surface area (Å²) in [7, 11) is -3.67. The van der Waals surface area contributed by atoms with Crippen molar-refractivity contribution in [2.75, 3.05) is 19.5 Å². The van der Waals surface area contributed by atoms with Crippen LogP contribution in [0.2, 0.25) is 5.02 Å². The van der Waals surface area contributed by atoms with Gasteiger partial charge < -0.3 is 29.6 Å². The molecule has 13 heteroatoms. The lowest BCUT2D eigenvalue weighted by molar-refractivity contribution is 0.105. The molecule has 0 aliphatic carbocycles. The lowest BCUT2D eigenvalue weighted by atomic mass is 10.00. The van der Waals surface area contributed by atoms with Gasteiger partial charge in [-0.3, -0.25) is 4.55 Å². The standard InChI is InChI=1S/C22H22ClN3O5.CH4O3S/c1-12(2)29-18-6-4-14(8-16(18)23)21-25-20(26-31-21)13-3-5-17-15(7-13)9-19(30-17)22(24,10-27)11-28;1-5(2,3)4/h3-9,12,27-28H,10-11,24H2,1-2H3;1H3,(H,2,3,4). The Balaban J connectivity index is 0.000000658. The summed E-state index contributed by atoms with van der Waals surface area (Å²) in [4.78, 5) is 4.46. The van der Waals surface area contributed by atoms with E-state index in [1.54, 1.807) is 36.4 Å². The second-order valence-electron chi connectivity index (χ2n) is 8.30. The molecular weight excluding hydrogens is 514 g/mol. The first-order valence-corrected chi connectivity index (χ1v) is 12.8. The van der Waals surface area contributed by atoms with Crippen LogP contribution in [-0.2, 0) is 15.7 Å². The summed E-state index contributed by atoms with van der Waals surface area (Å²) in [6.45, 7) is 2.95. The van der Waals surface area contributed by atoms with Gasteiger partial charge in [-0.2, -0.15) is 13.4 Å². The normalized spacial score (nSPS) is 12.0. The van der Waals surface area contributed by atoms with E-state index in [-0.39, 0.29) is 11.9 Å². The number of benzene rings is 2. The number of aliphatic hydroxyl groups excluding tert-OH is 2. The van der Waals surface area contributed by atoms with E-state index in [0.29, 0.717) is 45.5 Å². The van der Waals surface area contributed by atoms with Crippen molar-refractivity contribution in [2.24, 2.45) is 5.73 Å². The lowest BCUT2D eigenvalue weighted by Crippen LogP contribution is -2.43. The Morgan fingerprint density at radius 1 is 1.11 bits per heavy atom. The molecule has 2 heterocycles. The molecule has 11 nitrogen and oxygen atoms in total. The first-order chi connectivity index (χ1) is 16.8. The fourth-order valence-corrected chi connectivity index (χ4v) is 3.30. The molecule has 0 unspecified atom stereocenters. The summed E-state index contributed by atoms with van der Waals surface area (Å²) in [5.74, 6) is 1.59. The van der Waals surface area contributed by atoms with Gasteiger partial charge in [0.25, 0.3) is 16.0 Å². The van der Waals surface area contributed by atoms with Gasteiger partial charge in [-0.05, 0) is 56.3 Å². The number of rotatable bonds is 7. The van der Waals surface area contributed by atoms with Crippen LogP contribution in [0.3, 0.4) is 0 Å². The topological polar surface area (TPSA) is 182 Å². The number of hydrogen-bond acceptors (Lipinski definition) is 10. The SMILES string of the molecule is CC(C)Oc1ccc(-c2nc(-c3ccc4oc(C(N)(CO)CO)cc4c3)no2)cc1Cl.CS(=O)(=O)O. The van der Waals surface area contributed by atoms with Crippen molar-refractivity contribution >= 4 is 32.7 Å². The third-order valence-corrected chi connectivity index (χ3v) is 5.09. The van der Waals surface area contributed by atoms with E-state index in [2.05, 4.69) is 10.1 Å². The number of aromatic nitrogens is 2. The molecule has 0 bridgehead atoms. The van der Waals surface area contributed by atoms with Gasteiger partial charge in [-0.1, -0.05) is 16.8 Å². The molecule has 194 valence electrons. The van der Waals surface area contributed by atoms with Gasteiger partial charge in [0.05, 0.1) is 30.6 Å². The number of nitrogens with zero attached hydrogens (tertiary/aromatic N) is 2. The number of halogens is 1. The number of fused-ring (bicyclic) bond motifs is 1. The maximum Gasteiger partial charge on any atom is 0.261 e. The molecule has 4 aromatic rings. The van der Waals surface area contributed by atoms with Crippen LogP contribution in [0, 0.1) is 0 Å². The van der Waals surface area contributed by atoms with Crippen molar-refractivity contribution in [2.45, 2.75) is 25.5 Å². The van der Waals surface area contributed by atoms with Gasteiger partial charge in [0.15, 0.2) is 0 Å². The molecular formula is C23H26ClN3O8S. The third kappa shape index (κ3) is 6.81. The average molecular weight is 540 g/mol. The fourth-order valence-electron chi connectivity index (χ4n) is 3.08. The highest BCUT2D eigenvalue weighted by Crippen LogP contribution is 2.33. The van der Waals surface area contributed by atoms with Gasteiger partial charge in [0.2, 0.25) is 5.82 Å². The fraction of sp³-hybridized carbons (Fsp3) is 0.304. The molecule has 0 saturated carbocycles. The van der Waals surface area contributed by atoms with E-state index in [1.807, 2.05) is 19.9 Å². The highest BCUT2D eigenvalue weighted by atomic mass is 35.5. The Hall–Kier alpha value is -3.00. The summed E-state index contributed by atoms with van der Waals surface area (Å²) in [5, 5.41) is 24.2. The van der Waals surface area contributed by atoms with E-state index in [0.717, 1.165) is 5.39 Å². The Labute approximate surface area is 212 Å². The highest BCUT2D eigenvalue weighted by Gasteiger charge is 2.30. The van der Waals surface area contributed by atoms with Gasteiger partial charge in [-0.15, -0.1) is 0 Å². The largest absolute Gasteiger partial charge is 0.489 e. The van der Waals surface area contributed by atoms with Gasteiger partial charge in [0, 0.05) is 16.5 Å². The molecule has 2 aromatic heterocycles. The predicted octanol–water partition coefficient (Wildman–Crippen LogP) is 3.23. The Morgan fingerprint density at radius 2 is 1.75 bits per heavy atom. The first-order valence-electron chi connectivity index (χ1n) is 10.6. The maximum atomic E-state index is 9.49. The van der Waals surface area contributed by atoms with Crippen molar-refractivity contribution in [1.29, 1.82) is 0 Å².